The second kappa shape index (κ2) is 37.1. The highest BCUT2D eigenvalue weighted by atomic mass is 19.4. The minimum atomic E-state index is -5.19. The molecule has 3 saturated heterocycles. The molecule has 0 unspecified atom stereocenters. The number of pyridine rings is 3. The van der Waals surface area contributed by atoms with Crippen molar-refractivity contribution in [3.05, 3.63) is 294 Å². The number of Topliss-reactive ketones (excluding diaryl/α,β-unsaturated/α-hetero) is 1. The number of aromatic nitrogens is 3. The molecule has 18 rings (SSSR count). The topological polar surface area (TPSA) is 209 Å². The van der Waals surface area contributed by atoms with Gasteiger partial charge in [0.2, 0.25) is 0 Å². The first-order chi connectivity index (χ1) is 66.8. The Balaban J connectivity index is 0.000000155. The maximum atomic E-state index is 15.6. The molecule has 3 aliphatic heterocycles. The summed E-state index contributed by atoms with van der Waals surface area (Å²) in [6.07, 6.45) is -32.9. The lowest BCUT2D eigenvalue weighted by atomic mass is 9.72. The number of ether oxygens (including phenoxy) is 6. The number of aryl methyl sites for hydroxylation is 4. The maximum absolute atomic E-state index is 15.6. The lowest BCUT2D eigenvalue weighted by Crippen LogP contribution is -2.36. The fourth-order valence-electron chi connectivity index (χ4n) is 19.4. The van der Waals surface area contributed by atoms with Crippen LogP contribution in [-0.2, 0) is 76.8 Å². The molecular weight excluding hydrogens is 1920 g/mol. The zero-order valence-corrected chi connectivity index (χ0v) is 77.5. The number of hydrogen-bond donors (Lipinski definition) is 1. The van der Waals surface area contributed by atoms with Gasteiger partial charge in [-0.1, -0.05) is 67.1 Å². The number of hydrogen-bond acceptors (Lipinski definition) is 14. The van der Waals surface area contributed by atoms with Gasteiger partial charge < -0.3 is 33.5 Å². The first-order valence-electron chi connectivity index (χ1n) is 44.7. The molecule has 11 aromatic rings. The molecule has 18 nitrogen and oxygen atoms in total. The van der Waals surface area contributed by atoms with E-state index in [9.17, 15) is 117 Å². The van der Waals surface area contributed by atoms with Gasteiger partial charge in [-0.3, -0.25) is 24.5 Å². The lowest BCUT2D eigenvalue weighted by molar-refractivity contribution is -0.144. The summed E-state index contributed by atoms with van der Waals surface area (Å²) < 4.78 is 325. The summed E-state index contributed by atoms with van der Waals surface area (Å²) in [4.78, 5) is 80.0. The summed E-state index contributed by atoms with van der Waals surface area (Å²) in [5.41, 5.74) is -5.14. The number of carboxylic acid groups (broad SMARTS) is 1. The quantitative estimate of drug-likeness (QED) is 0.0403. The first kappa shape index (κ1) is 102. The van der Waals surface area contributed by atoms with E-state index in [0.29, 0.717) is 112 Å². The number of ketones is 1. The summed E-state index contributed by atoms with van der Waals surface area (Å²) in [6.45, 7) is 10.1. The van der Waals surface area contributed by atoms with Gasteiger partial charge in [0.15, 0.2) is 24.1 Å². The second-order valence-electron chi connectivity index (χ2n) is 37.0. The van der Waals surface area contributed by atoms with Crippen LogP contribution >= 0.6 is 0 Å². The van der Waals surface area contributed by atoms with Crippen molar-refractivity contribution in [3.8, 4) is 72.9 Å². The van der Waals surface area contributed by atoms with E-state index in [1.165, 1.54) is 63.1 Å². The molecule has 6 heterocycles. The van der Waals surface area contributed by atoms with E-state index in [1.54, 1.807) is 69.2 Å². The van der Waals surface area contributed by atoms with Gasteiger partial charge in [-0.25, -0.2) is 33.5 Å². The van der Waals surface area contributed by atoms with Crippen LogP contribution in [0.5, 0.6) is 17.2 Å². The number of rotatable bonds is 21. The molecule has 1 N–H and O–H groups in total. The van der Waals surface area contributed by atoms with E-state index in [2.05, 4.69) is 29.0 Å². The third-order valence-electron chi connectivity index (χ3n) is 27.1. The molecule has 0 bridgehead atoms. The molecule has 4 saturated carbocycles. The SMILES string of the molecule is COc1cc(F)c(-c2ccc(C(C)=O)cc2C)cc1-c1ccc(C(F)(F)F)nc1CN1C(=O)O[C@H](c2cc(C(F)(F)F)cc(C(F)(F)F)c2)C12CC2.COc1ccc(-c2ccc(C(=O)O)cc2C)cc1-c1ccc(C(C)(F)F)nc1CN1C(=O)O[C@H](c2cc(C(F)(F)F)cc(C(F)(F)F)c2)C12CC2.COc1ccc(C2CC(C)C2)cc1-c1ccc(C)nc1CN1C(=O)O[C@H](c2cc(C)cc(C(F)(F)F)c2)C12CC2. The van der Waals surface area contributed by atoms with E-state index in [4.69, 9.17) is 33.4 Å². The van der Waals surface area contributed by atoms with Crippen molar-refractivity contribution in [1.29, 1.82) is 0 Å². The molecule has 3 amide bonds. The molecule has 143 heavy (non-hydrogen) atoms. The van der Waals surface area contributed by atoms with Crippen LogP contribution in [0.1, 0.15) is 218 Å². The Labute approximate surface area is 803 Å². The van der Waals surface area contributed by atoms with Crippen molar-refractivity contribution in [2.45, 2.75) is 203 Å². The molecule has 0 radical (unpaired) electrons. The molecular formula is C104H87F21N6O12. The highest BCUT2D eigenvalue weighted by Crippen LogP contribution is 2.63. The van der Waals surface area contributed by atoms with Crippen molar-refractivity contribution in [2.24, 2.45) is 5.92 Å². The monoisotopic (exact) mass is 2010 g/mol. The third-order valence-corrected chi connectivity index (χ3v) is 27.1. The molecule has 39 heteroatoms. The number of halogens is 21. The molecule has 752 valence electrons. The van der Waals surface area contributed by atoms with Crippen LogP contribution in [0.3, 0.4) is 0 Å². The van der Waals surface area contributed by atoms with Crippen LogP contribution in [0.25, 0.3) is 55.6 Å². The van der Waals surface area contributed by atoms with E-state index in [-0.39, 0.29) is 95.2 Å². The van der Waals surface area contributed by atoms with Gasteiger partial charge in [-0.15, -0.1) is 0 Å². The van der Waals surface area contributed by atoms with E-state index in [0.717, 1.165) is 81.5 Å². The number of benzene rings is 8. The molecule has 7 fully saturated rings. The Morgan fingerprint density at radius 1 is 0.392 bits per heavy atom. The molecule has 3 atom stereocenters. The van der Waals surface area contributed by atoms with Crippen LogP contribution < -0.4 is 14.2 Å². The van der Waals surface area contributed by atoms with Gasteiger partial charge in [-0.2, -0.15) is 87.8 Å². The van der Waals surface area contributed by atoms with Gasteiger partial charge in [-0.05, 0) is 263 Å². The third kappa shape index (κ3) is 20.4. The van der Waals surface area contributed by atoms with Gasteiger partial charge in [0.25, 0.3) is 5.92 Å². The van der Waals surface area contributed by atoms with Crippen molar-refractivity contribution in [2.75, 3.05) is 21.3 Å². The first-order valence-corrected chi connectivity index (χ1v) is 44.7. The van der Waals surface area contributed by atoms with Crippen LogP contribution in [0, 0.1) is 39.4 Å². The number of carbonyl (C=O) groups is 5. The molecule has 8 aromatic carbocycles. The van der Waals surface area contributed by atoms with Gasteiger partial charge >= 0.3 is 61.3 Å². The number of carbonyl (C=O) groups excluding carboxylic acids is 4. The largest absolute Gasteiger partial charge is 0.496 e. The zero-order chi connectivity index (χ0) is 104. The number of cyclic esters (lactones) is 3. The number of amides is 3. The number of nitrogens with zero attached hydrogens (tertiary/aromatic N) is 6. The summed E-state index contributed by atoms with van der Waals surface area (Å²) in [5, 5.41) is 9.38. The van der Waals surface area contributed by atoms with Crippen LogP contribution in [0.15, 0.2) is 176 Å². The standard InChI is InChI=1S/C36H26F10N2O4.C36H28F8N2O5.C32H33F3N2O3/c1-17-10-19(18(2)49)4-5-23(17)25-14-26(29(51-3)15-27(25)37)24-6-7-30(36(44,45)46)47-28(24)16-48-32(50)52-31(33(48)8-9-33)20-11-21(34(38,39)40)13-22(12-20)35(41,42)43;1-18-12-20(31(47)48)4-6-24(18)19-5-8-28(50-3)26(15-19)25-7-9-29(33(2,37)38)45-27(25)17-46-32(49)51-30(34(46)10-11-34)21-13-22(35(39,40)41)16-23(14-21)36(42,43)44;1-18-11-22(12-18)21-6-8-28(39-4)26(16-21)25-7-5-20(3)36-27(25)17-37-30(38)40-29(31(37)9-10-31)23-13-19(2)14-24(15-23)32(33,34)35/h4-7,10-15,31H,8-9,16H2,1-3H3;4-9,12-16,30H,10-11,17H2,1-3H3,(H,47,48);5-8,13-16,18,22,29H,9-12,17H2,1-4H3/t31-;30-;18?,22?,29-/m111/s1. The Kier molecular flexibility index (Phi) is 26.5. The predicted molar refractivity (Wildman–Crippen MR) is 476 cm³/mol. The van der Waals surface area contributed by atoms with E-state index >= 15 is 4.39 Å². The molecule has 3 aromatic heterocycles. The average molecular weight is 2010 g/mol. The van der Waals surface area contributed by atoms with Gasteiger partial charge in [0.05, 0.1) is 108 Å². The maximum Gasteiger partial charge on any atom is 0.433 e. The minimum absolute atomic E-state index is 0.0152. The molecule has 3 spiro atoms. The molecule has 4 aliphatic carbocycles. The minimum Gasteiger partial charge on any atom is -0.496 e. The Morgan fingerprint density at radius 3 is 1.17 bits per heavy atom. The number of carboxylic acids is 1. The fraction of sp³-hybridized carbons (Fsp3) is 0.346. The summed E-state index contributed by atoms with van der Waals surface area (Å²) in [5.74, 6) is -3.45. The summed E-state index contributed by atoms with van der Waals surface area (Å²) in [7, 11) is 4.21. The number of alkyl halides is 20. The predicted octanol–water partition coefficient (Wildman–Crippen LogP) is 28.3. The summed E-state index contributed by atoms with van der Waals surface area (Å²) >= 11 is 0. The van der Waals surface area contributed by atoms with Crippen molar-refractivity contribution in [1.82, 2.24) is 29.7 Å². The number of aromatic carboxylic acids is 1. The highest BCUT2D eigenvalue weighted by Gasteiger charge is 2.67. The normalized spacial score (nSPS) is 18.8. The smallest absolute Gasteiger partial charge is 0.433 e. The van der Waals surface area contributed by atoms with Crippen molar-refractivity contribution in [3.63, 3.8) is 0 Å². The van der Waals surface area contributed by atoms with Crippen molar-refractivity contribution < 1.29 is 150 Å². The Bertz CT molecular complexity index is 6840. The Hall–Kier alpha value is -13.9. The van der Waals surface area contributed by atoms with Crippen LogP contribution in [0.4, 0.5) is 107 Å². The highest BCUT2D eigenvalue weighted by molar-refractivity contribution is 5.95. The van der Waals surface area contributed by atoms with Crippen LogP contribution in [-0.4, -0.2) is 103 Å². The lowest BCUT2D eigenvalue weighted by Gasteiger charge is -2.33. The Morgan fingerprint density at radius 2 is 0.769 bits per heavy atom. The zero-order valence-electron chi connectivity index (χ0n) is 77.5. The van der Waals surface area contributed by atoms with Gasteiger partial charge in [0.1, 0.15) is 34.5 Å². The fourth-order valence-corrected chi connectivity index (χ4v) is 19.4. The van der Waals surface area contributed by atoms with Crippen LogP contribution in [0.2, 0.25) is 0 Å². The van der Waals surface area contributed by atoms with Crippen molar-refractivity contribution >= 4 is 30.0 Å². The van der Waals surface area contributed by atoms with E-state index < -0.39 is 177 Å². The summed E-state index contributed by atoms with van der Waals surface area (Å²) in [6, 6.07) is 36.5. The van der Waals surface area contributed by atoms with E-state index in [1.807, 2.05) is 25.1 Å². The second-order valence-corrected chi connectivity index (χ2v) is 37.0. The van der Waals surface area contributed by atoms with Gasteiger partial charge in [0, 0.05) is 63.2 Å². The average Bonchev–Trinajstić information content (AvgIpc) is 1.55. The number of methoxy groups -OCH3 is 3. The molecule has 7 aliphatic rings.